The molecule has 1 rings (SSSR count). The van der Waals surface area contributed by atoms with Gasteiger partial charge in [0.15, 0.2) is 0 Å². The summed E-state index contributed by atoms with van der Waals surface area (Å²) in [7, 11) is 3.05. The third kappa shape index (κ3) is 4.13. The van der Waals surface area contributed by atoms with Crippen LogP contribution in [0.1, 0.15) is 11.1 Å². The van der Waals surface area contributed by atoms with E-state index in [4.69, 9.17) is 5.73 Å². The first kappa shape index (κ1) is 13.6. The molecule has 0 aliphatic rings. The predicted octanol–water partition coefficient (Wildman–Crippen LogP) is 0.889. The molecule has 1 aromatic rings. The van der Waals surface area contributed by atoms with Gasteiger partial charge in [0.25, 0.3) is 0 Å². The minimum atomic E-state index is -0.345. The molecular weight excluding hydrogens is 223 g/mol. The van der Waals surface area contributed by atoms with Gasteiger partial charge in [-0.15, -0.1) is 0 Å². The molecular formula is C12H17FN2O2. The number of halogens is 1. The lowest BCUT2D eigenvalue weighted by molar-refractivity contribution is -0.141. The number of rotatable bonds is 5. The first-order valence-electron chi connectivity index (χ1n) is 5.29. The number of hydrogen-bond donors (Lipinski definition) is 1. The number of likely N-dealkylation sites (N-methyl/N-ethyl adjacent to an activating group) is 1. The van der Waals surface area contributed by atoms with Crippen LogP contribution in [0.5, 0.6) is 0 Å². The van der Waals surface area contributed by atoms with E-state index in [2.05, 4.69) is 4.74 Å². The van der Waals surface area contributed by atoms with Gasteiger partial charge >= 0.3 is 5.97 Å². The van der Waals surface area contributed by atoms with Crippen LogP contribution in [0.15, 0.2) is 18.2 Å². The summed E-state index contributed by atoms with van der Waals surface area (Å²) < 4.78 is 18.0. The second-order valence-corrected chi connectivity index (χ2v) is 3.88. The fourth-order valence-electron chi connectivity index (χ4n) is 1.51. The summed E-state index contributed by atoms with van der Waals surface area (Å²) in [5.41, 5.74) is 6.89. The number of carbonyl (C=O) groups excluding carboxylic acids is 1. The van der Waals surface area contributed by atoms with E-state index in [0.717, 1.165) is 5.56 Å². The fraction of sp³-hybridized carbons (Fsp3) is 0.417. The molecule has 0 heterocycles. The zero-order chi connectivity index (χ0) is 12.8. The van der Waals surface area contributed by atoms with Crippen LogP contribution in [0.4, 0.5) is 4.39 Å². The van der Waals surface area contributed by atoms with Gasteiger partial charge in [-0.05, 0) is 18.7 Å². The molecule has 5 heteroatoms. The highest BCUT2D eigenvalue weighted by atomic mass is 19.1. The number of ether oxygens (including phenoxy) is 1. The number of methoxy groups -OCH3 is 1. The number of hydrogen-bond acceptors (Lipinski definition) is 4. The number of nitrogens with two attached hydrogens (primary N) is 1. The van der Waals surface area contributed by atoms with E-state index in [-0.39, 0.29) is 18.3 Å². The van der Waals surface area contributed by atoms with Crippen molar-refractivity contribution in [2.24, 2.45) is 5.73 Å². The van der Waals surface area contributed by atoms with Crippen molar-refractivity contribution in [1.29, 1.82) is 0 Å². The Morgan fingerprint density at radius 1 is 1.53 bits per heavy atom. The summed E-state index contributed by atoms with van der Waals surface area (Å²) in [5, 5.41) is 0. The van der Waals surface area contributed by atoms with Gasteiger partial charge in [-0.25, -0.2) is 4.39 Å². The maximum atomic E-state index is 13.5. The molecule has 0 saturated heterocycles. The fourth-order valence-corrected chi connectivity index (χ4v) is 1.51. The van der Waals surface area contributed by atoms with Crippen molar-refractivity contribution in [2.45, 2.75) is 13.1 Å². The van der Waals surface area contributed by atoms with Crippen molar-refractivity contribution in [3.63, 3.8) is 0 Å². The van der Waals surface area contributed by atoms with Crippen LogP contribution in [-0.4, -0.2) is 31.6 Å². The minimum absolute atomic E-state index is 0.128. The topological polar surface area (TPSA) is 55.6 Å². The first-order chi connectivity index (χ1) is 8.06. The smallest absolute Gasteiger partial charge is 0.319 e. The van der Waals surface area contributed by atoms with Crippen LogP contribution < -0.4 is 5.73 Å². The summed E-state index contributed by atoms with van der Waals surface area (Å²) in [6, 6.07) is 4.76. The SMILES string of the molecule is COC(=O)CN(C)Cc1cc(CN)ccc1F. The molecule has 0 fully saturated rings. The van der Waals surface area contributed by atoms with Crippen molar-refractivity contribution >= 4 is 5.97 Å². The Balaban J connectivity index is 2.70. The van der Waals surface area contributed by atoms with Crippen molar-refractivity contribution in [3.8, 4) is 0 Å². The standard InChI is InChI=1S/C12H17FN2O2/c1-15(8-12(16)17-2)7-10-5-9(6-14)3-4-11(10)13/h3-5H,6-8,14H2,1-2H3. The summed E-state index contributed by atoms with van der Waals surface area (Å²) >= 11 is 0. The van der Waals surface area contributed by atoms with Crippen LogP contribution >= 0.6 is 0 Å². The van der Waals surface area contributed by atoms with Crippen LogP contribution in [0.25, 0.3) is 0 Å². The predicted molar refractivity (Wildman–Crippen MR) is 62.6 cm³/mol. The zero-order valence-electron chi connectivity index (χ0n) is 10.1. The van der Waals surface area contributed by atoms with Gasteiger partial charge in [0, 0.05) is 18.7 Å². The Kier molecular flexibility index (Phi) is 5.06. The van der Waals surface area contributed by atoms with E-state index in [1.165, 1.54) is 13.2 Å². The molecule has 4 nitrogen and oxygen atoms in total. The third-order valence-corrected chi connectivity index (χ3v) is 2.41. The maximum Gasteiger partial charge on any atom is 0.319 e. The minimum Gasteiger partial charge on any atom is -0.468 e. The second-order valence-electron chi connectivity index (χ2n) is 3.88. The van der Waals surface area contributed by atoms with Crippen molar-refractivity contribution in [2.75, 3.05) is 20.7 Å². The monoisotopic (exact) mass is 240 g/mol. The van der Waals surface area contributed by atoms with Crippen molar-refractivity contribution in [3.05, 3.63) is 35.1 Å². The van der Waals surface area contributed by atoms with Gasteiger partial charge < -0.3 is 10.5 Å². The quantitative estimate of drug-likeness (QED) is 0.777. The van der Waals surface area contributed by atoms with Crippen molar-refractivity contribution < 1.29 is 13.9 Å². The number of benzene rings is 1. The Morgan fingerprint density at radius 2 is 2.24 bits per heavy atom. The van der Waals surface area contributed by atoms with E-state index in [1.807, 2.05) is 0 Å². The first-order valence-corrected chi connectivity index (χ1v) is 5.29. The lowest BCUT2D eigenvalue weighted by Gasteiger charge is -2.16. The van der Waals surface area contributed by atoms with Crippen molar-refractivity contribution in [1.82, 2.24) is 4.90 Å². The highest BCUT2D eigenvalue weighted by Gasteiger charge is 2.10. The maximum absolute atomic E-state index is 13.5. The summed E-state index contributed by atoms with van der Waals surface area (Å²) in [4.78, 5) is 12.7. The number of esters is 1. The lowest BCUT2D eigenvalue weighted by Crippen LogP contribution is -2.26. The molecule has 94 valence electrons. The van der Waals surface area contributed by atoms with Gasteiger partial charge in [-0.2, -0.15) is 0 Å². The molecule has 0 aliphatic heterocycles. The van der Waals surface area contributed by atoms with Gasteiger partial charge in [0.05, 0.1) is 13.7 Å². The van der Waals surface area contributed by atoms with E-state index in [1.54, 1.807) is 24.1 Å². The van der Waals surface area contributed by atoms with Gasteiger partial charge in [-0.1, -0.05) is 12.1 Å². The van der Waals surface area contributed by atoms with Gasteiger partial charge in [0.2, 0.25) is 0 Å². The van der Waals surface area contributed by atoms with Crippen LogP contribution in [0.3, 0.4) is 0 Å². The highest BCUT2D eigenvalue weighted by molar-refractivity contribution is 5.71. The molecule has 2 N–H and O–H groups in total. The summed E-state index contributed by atoms with van der Waals surface area (Å²) in [5.74, 6) is -0.637. The van der Waals surface area contributed by atoms with Crippen LogP contribution in [0.2, 0.25) is 0 Å². The van der Waals surface area contributed by atoms with Crippen LogP contribution in [0, 0.1) is 5.82 Å². The average Bonchev–Trinajstić information content (AvgIpc) is 2.31. The zero-order valence-corrected chi connectivity index (χ0v) is 10.1. The molecule has 1 aromatic carbocycles. The molecule has 0 amide bonds. The summed E-state index contributed by atoms with van der Waals surface area (Å²) in [6.07, 6.45) is 0. The Hall–Kier alpha value is -1.46. The van der Waals surface area contributed by atoms with Crippen LogP contribution in [-0.2, 0) is 22.6 Å². The Labute approximate surface area is 100 Å². The largest absolute Gasteiger partial charge is 0.468 e. The number of nitrogens with zero attached hydrogens (tertiary/aromatic N) is 1. The van der Waals surface area contributed by atoms with Gasteiger partial charge in [0.1, 0.15) is 5.82 Å². The lowest BCUT2D eigenvalue weighted by atomic mass is 10.1. The molecule has 0 unspecified atom stereocenters. The molecule has 0 bridgehead atoms. The van der Waals surface area contributed by atoms with E-state index < -0.39 is 0 Å². The normalized spacial score (nSPS) is 10.6. The summed E-state index contributed by atoms with van der Waals surface area (Å²) in [6.45, 7) is 0.839. The Bertz CT molecular complexity index is 396. The highest BCUT2D eigenvalue weighted by Crippen LogP contribution is 2.12. The third-order valence-electron chi connectivity index (χ3n) is 2.41. The molecule has 0 saturated carbocycles. The molecule has 0 atom stereocenters. The molecule has 0 spiro atoms. The van der Waals surface area contributed by atoms with E-state index in [0.29, 0.717) is 18.7 Å². The molecule has 0 aromatic heterocycles. The molecule has 17 heavy (non-hydrogen) atoms. The van der Waals surface area contributed by atoms with Gasteiger partial charge in [-0.3, -0.25) is 9.69 Å². The average molecular weight is 240 g/mol. The molecule has 0 aliphatic carbocycles. The van der Waals surface area contributed by atoms with E-state index >= 15 is 0 Å². The second kappa shape index (κ2) is 6.32. The molecule has 0 radical (unpaired) electrons. The Morgan fingerprint density at radius 3 is 2.82 bits per heavy atom. The number of carbonyl (C=O) groups is 1. The van der Waals surface area contributed by atoms with E-state index in [9.17, 15) is 9.18 Å².